The molecule has 1 N–H and O–H groups in total. The minimum absolute atomic E-state index is 0.346. The fraction of sp³-hybridized carbons (Fsp3) is 0.214. The number of rotatable bonds is 7. The molecule has 1 saturated heterocycles. The van der Waals surface area contributed by atoms with Crippen LogP contribution in [0.3, 0.4) is 0 Å². The maximum atomic E-state index is 13.4. The Kier molecular flexibility index (Phi) is 7.56. The first-order valence-electron chi connectivity index (χ1n) is 12.1. The number of imidazole rings is 1. The summed E-state index contributed by atoms with van der Waals surface area (Å²) in [7, 11) is 0. The van der Waals surface area contributed by atoms with Gasteiger partial charge in [-0.25, -0.2) is 14.2 Å². The quantitative estimate of drug-likeness (QED) is 0.325. The van der Waals surface area contributed by atoms with Gasteiger partial charge >= 0.3 is 6.09 Å². The molecule has 0 radical (unpaired) electrons. The molecule has 0 spiro atoms. The Bertz CT molecular complexity index is 1290. The molecule has 4 aromatic rings. The first-order chi connectivity index (χ1) is 18.0. The summed E-state index contributed by atoms with van der Waals surface area (Å²) >= 11 is 6.01. The van der Waals surface area contributed by atoms with Crippen molar-refractivity contribution >= 4 is 34.8 Å². The molecule has 37 heavy (non-hydrogen) atoms. The molecule has 1 fully saturated rings. The van der Waals surface area contributed by atoms with Crippen molar-refractivity contribution in [1.29, 1.82) is 0 Å². The van der Waals surface area contributed by atoms with E-state index in [9.17, 15) is 9.18 Å². The van der Waals surface area contributed by atoms with Crippen LogP contribution in [0.2, 0.25) is 5.02 Å². The van der Waals surface area contributed by atoms with Gasteiger partial charge in [0.25, 0.3) is 0 Å². The summed E-state index contributed by atoms with van der Waals surface area (Å²) in [5.41, 5.74) is 3.60. The summed E-state index contributed by atoms with van der Waals surface area (Å²) in [6.45, 7) is 3.97. The smallest absolute Gasteiger partial charge is 0.412 e. The van der Waals surface area contributed by atoms with Crippen molar-refractivity contribution in [2.45, 2.75) is 12.6 Å². The second kappa shape index (κ2) is 11.3. The van der Waals surface area contributed by atoms with Crippen LogP contribution in [-0.2, 0) is 11.3 Å². The van der Waals surface area contributed by atoms with Gasteiger partial charge in [-0.05, 0) is 66.2 Å². The van der Waals surface area contributed by atoms with Crippen LogP contribution >= 0.6 is 11.6 Å². The molecular weight excluding hydrogens is 493 g/mol. The van der Waals surface area contributed by atoms with E-state index in [1.807, 2.05) is 53.1 Å². The number of piperazine rings is 1. The highest BCUT2D eigenvalue weighted by Gasteiger charge is 2.20. The highest BCUT2D eigenvalue weighted by atomic mass is 35.5. The van der Waals surface area contributed by atoms with Gasteiger partial charge < -0.3 is 19.1 Å². The van der Waals surface area contributed by atoms with Gasteiger partial charge in [-0.15, -0.1) is 0 Å². The van der Waals surface area contributed by atoms with Crippen LogP contribution in [0.25, 0.3) is 0 Å². The molecule has 3 aromatic carbocycles. The number of aromatic nitrogens is 2. The zero-order valence-corrected chi connectivity index (χ0v) is 20.9. The molecule has 5 rings (SSSR count). The lowest BCUT2D eigenvalue weighted by molar-refractivity contribution is 0.0997. The number of carbonyl (C=O) groups excluding carboxylic acids is 1. The Morgan fingerprint density at radius 2 is 1.51 bits per heavy atom. The van der Waals surface area contributed by atoms with Crippen LogP contribution in [-0.4, -0.2) is 41.8 Å². The highest BCUT2D eigenvalue weighted by molar-refractivity contribution is 6.30. The van der Waals surface area contributed by atoms with Crippen molar-refractivity contribution in [3.8, 4) is 0 Å². The zero-order chi connectivity index (χ0) is 25.6. The largest absolute Gasteiger partial charge is 0.439 e. The third kappa shape index (κ3) is 6.40. The lowest BCUT2D eigenvalue weighted by Crippen LogP contribution is -2.46. The van der Waals surface area contributed by atoms with E-state index in [1.165, 1.54) is 17.8 Å². The average molecular weight is 520 g/mol. The van der Waals surface area contributed by atoms with Crippen LogP contribution < -0.4 is 15.1 Å². The van der Waals surface area contributed by atoms with Gasteiger partial charge in [0.2, 0.25) is 0 Å². The molecule has 1 aromatic heterocycles. The molecule has 1 atom stereocenters. The van der Waals surface area contributed by atoms with Gasteiger partial charge in [-0.1, -0.05) is 23.7 Å². The number of carbonyl (C=O) groups is 1. The van der Waals surface area contributed by atoms with Gasteiger partial charge in [0.15, 0.2) is 0 Å². The summed E-state index contributed by atoms with van der Waals surface area (Å²) in [5, 5.41) is 3.54. The molecule has 0 saturated carbocycles. The van der Waals surface area contributed by atoms with Gasteiger partial charge in [0.05, 0.1) is 12.9 Å². The van der Waals surface area contributed by atoms with Crippen molar-refractivity contribution in [3.05, 3.63) is 108 Å². The number of halogens is 2. The first-order valence-corrected chi connectivity index (χ1v) is 12.5. The van der Waals surface area contributed by atoms with Crippen LogP contribution in [0.4, 0.5) is 26.2 Å². The Morgan fingerprint density at radius 1 is 0.919 bits per heavy atom. The van der Waals surface area contributed by atoms with Gasteiger partial charge in [-0.2, -0.15) is 0 Å². The number of hydrogen-bond acceptors (Lipinski definition) is 5. The van der Waals surface area contributed by atoms with E-state index >= 15 is 0 Å². The summed E-state index contributed by atoms with van der Waals surface area (Å²) < 4.78 is 20.9. The van der Waals surface area contributed by atoms with Gasteiger partial charge in [0, 0.05) is 60.7 Å². The monoisotopic (exact) mass is 519 g/mol. The highest BCUT2D eigenvalue weighted by Crippen LogP contribution is 2.25. The Morgan fingerprint density at radius 3 is 2.08 bits per heavy atom. The van der Waals surface area contributed by atoms with E-state index in [0.29, 0.717) is 17.8 Å². The Balaban J connectivity index is 1.17. The van der Waals surface area contributed by atoms with Crippen LogP contribution in [0.1, 0.15) is 11.7 Å². The van der Waals surface area contributed by atoms with E-state index in [0.717, 1.165) is 36.9 Å². The Labute approximate surface area is 220 Å². The van der Waals surface area contributed by atoms with E-state index in [1.54, 1.807) is 30.9 Å². The molecule has 0 unspecified atom stereocenters. The average Bonchev–Trinajstić information content (AvgIpc) is 3.43. The number of ether oxygens (including phenoxy) is 1. The maximum Gasteiger partial charge on any atom is 0.412 e. The molecule has 9 heteroatoms. The molecule has 1 aliphatic rings. The summed E-state index contributed by atoms with van der Waals surface area (Å²) in [6, 6.07) is 21.6. The fourth-order valence-corrected chi connectivity index (χ4v) is 4.51. The normalized spacial score (nSPS) is 14.3. The molecule has 1 aliphatic heterocycles. The number of benzene rings is 3. The van der Waals surface area contributed by atoms with Crippen molar-refractivity contribution < 1.29 is 13.9 Å². The van der Waals surface area contributed by atoms with E-state index in [2.05, 4.69) is 20.1 Å². The number of nitrogens with one attached hydrogen (secondary N) is 1. The number of anilines is 3. The predicted molar refractivity (Wildman–Crippen MR) is 144 cm³/mol. The third-order valence-corrected chi connectivity index (χ3v) is 6.63. The van der Waals surface area contributed by atoms with Crippen molar-refractivity contribution in [2.75, 3.05) is 41.3 Å². The second-order valence-electron chi connectivity index (χ2n) is 8.83. The summed E-state index contributed by atoms with van der Waals surface area (Å²) in [4.78, 5) is 21.4. The molecular formula is C28H27ClFN5O2. The first kappa shape index (κ1) is 24.6. The molecule has 0 bridgehead atoms. The summed E-state index contributed by atoms with van der Waals surface area (Å²) in [6.07, 6.45) is 3.89. The molecule has 190 valence electrons. The van der Waals surface area contributed by atoms with Gasteiger partial charge in [0.1, 0.15) is 11.9 Å². The lowest BCUT2D eigenvalue weighted by Gasteiger charge is -2.37. The second-order valence-corrected chi connectivity index (χ2v) is 9.26. The SMILES string of the molecule is O=C(Nc1ccc(N2CCN(c3ccc(Cl)cc3)CC2)cc1)O[C@H](Cn1ccnc1)c1ccc(F)cc1. The number of hydrogen-bond donors (Lipinski definition) is 1. The third-order valence-electron chi connectivity index (χ3n) is 6.38. The maximum absolute atomic E-state index is 13.4. The van der Waals surface area contributed by atoms with Gasteiger partial charge in [-0.3, -0.25) is 5.32 Å². The molecule has 7 nitrogen and oxygen atoms in total. The van der Waals surface area contributed by atoms with E-state index < -0.39 is 12.2 Å². The molecule has 0 aliphatic carbocycles. The number of amides is 1. The van der Waals surface area contributed by atoms with Crippen molar-refractivity contribution in [1.82, 2.24) is 9.55 Å². The van der Waals surface area contributed by atoms with Crippen LogP contribution in [0.5, 0.6) is 0 Å². The lowest BCUT2D eigenvalue weighted by atomic mass is 10.1. The van der Waals surface area contributed by atoms with Crippen LogP contribution in [0.15, 0.2) is 91.5 Å². The van der Waals surface area contributed by atoms with Crippen LogP contribution in [0, 0.1) is 5.82 Å². The van der Waals surface area contributed by atoms with E-state index in [4.69, 9.17) is 16.3 Å². The fourth-order valence-electron chi connectivity index (χ4n) is 4.38. The standard InChI is InChI=1S/C28H27ClFN5O2/c29-22-3-9-25(10-4-22)34-15-17-35(18-16-34)26-11-7-24(8-12-26)32-28(36)37-27(19-33-14-13-31-20-33)21-1-5-23(30)6-2-21/h1-14,20,27H,15-19H2,(H,32,36)/t27-/m1/s1. The summed E-state index contributed by atoms with van der Waals surface area (Å²) in [5.74, 6) is -0.346. The minimum Gasteiger partial charge on any atom is -0.439 e. The topological polar surface area (TPSA) is 62.6 Å². The van der Waals surface area contributed by atoms with Crippen molar-refractivity contribution in [2.24, 2.45) is 0 Å². The minimum atomic E-state index is -0.606. The number of nitrogens with zero attached hydrogens (tertiary/aromatic N) is 4. The molecule has 1 amide bonds. The van der Waals surface area contributed by atoms with E-state index in [-0.39, 0.29) is 5.82 Å². The van der Waals surface area contributed by atoms with Crippen molar-refractivity contribution in [3.63, 3.8) is 0 Å². The predicted octanol–water partition coefficient (Wildman–Crippen LogP) is 5.99. The molecule has 2 heterocycles. The Hall–Kier alpha value is -4.04. The zero-order valence-electron chi connectivity index (χ0n) is 20.1.